The van der Waals surface area contributed by atoms with Crippen molar-refractivity contribution >= 4 is 0 Å². The summed E-state index contributed by atoms with van der Waals surface area (Å²) in [6.07, 6.45) is 2.60. The van der Waals surface area contributed by atoms with E-state index in [4.69, 9.17) is 9.47 Å². The fraction of sp³-hybridized carbons (Fsp3) is 0.278. The summed E-state index contributed by atoms with van der Waals surface area (Å²) in [5.41, 5.74) is 2.62. The van der Waals surface area contributed by atoms with Gasteiger partial charge in [0, 0.05) is 25.7 Å². The normalized spacial score (nSPS) is 12.8. The van der Waals surface area contributed by atoms with Crippen LogP contribution in [0.25, 0.3) is 17.1 Å². The minimum absolute atomic E-state index is 0.141. The molecule has 1 aromatic carbocycles. The summed E-state index contributed by atoms with van der Waals surface area (Å²) in [6, 6.07) is 7.43. The summed E-state index contributed by atoms with van der Waals surface area (Å²) in [5.74, 6) is 2.66. The predicted molar refractivity (Wildman–Crippen MR) is 92.5 cm³/mol. The first-order valence-electron chi connectivity index (χ1n) is 8.01. The number of methoxy groups -OCH3 is 1. The Morgan fingerprint density at radius 1 is 1.28 bits per heavy atom. The molecule has 1 aliphatic heterocycles. The SMILES string of the molecule is COc1cc(=O)n(C)cc1-c1nc(C)nn1-c1ccc2c(c1)CCO2. The summed E-state index contributed by atoms with van der Waals surface area (Å²) in [4.78, 5) is 16.5. The Labute approximate surface area is 144 Å². The minimum Gasteiger partial charge on any atom is -0.496 e. The molecule has 0 radical (unpaired) electrons. The highest BCUT2D eigenvalue weighted by molar-refractivity contribution is 5.65. The number of benzene rings is 1. The van der Waals surface area contributed by atoms with Gasteiger partial charge in [-0.1, -0.05) is 0 Å². The molecule has 0 amide bonds. The van der Waals surface area contributed by atoms with Gasteiger partial charge in [-0.05, 0) is 30.7 Å². The Morgan fingerprint density at radius 2 is 2.12 bits per heavy atom. The van der Waals surface area contributed by atoms with Gasteiger partial charge in [0.2, 0.25) is 0 Å². The quantitative estimate of drug-likeness (QED) is 0.729. The number of pyridine rings is 1. The zero-order valence-corrected chi connectivity index (χ0v) is 14.3. The van der Waals surface area contributed by atoms with Crippen molar-refractivity contribution in [2.24, 2.45) is 7.05 Å². The average molecular weight is 338 g/mol. The second-order valence-electron chi connectivity index (χ2n) is 5.99. The van der Waals surface area contributed by atoms with E-state index in [9.17, 15) is 4.79 Å². The monoisotopic (exact) mass is 338 g/mol. The maximum absolute atomic E-state index is 11.9. The lowest BCUT2D eigenvalue weighted by atomic mass is 10.1. The second kappa shape index (κ2) is 5.77. The van der Waals surface area contributed by atoms with Gasteiger partial charge < -0.3 is 14.0 Å². The van der Waals surface area contributed by atoms with Gasteiger partial charge in [-0.15, -0.1) is 0 Å². The maximum Gasteiger partial charge on any atom is 0.254 e. The minimum atomic E-state index is -0.141. The second-order valence-corrected chi connectivity index (χ2v) is 5.99. The molecule has 0 saturated carbocycles. The van der Waals surface area contributed by atoms with Crippen LogP contribution in [-0.2, 0) is 13.5 Å². The van der Waals surface area contributed by atoms with Crippen LogP contribution in [-0.4, -0.2) is 33.0 Å². The van der Waals surface area contributed by atoms with Crippen LogP contribution in [0.3, 0.4) is 0 Å². The van der Waals surface area contributed by atoms with E-state index < -0.39 is 0 Å². The molecule has 0 N–H and O–H groups in total. The summed E-state index contributed by atoms with van der Waals surface area (Å²) in [7, 11) is 3.24. The number of ether oxygens (including phenoxy) is 2. The Morgan fingerprint density at radius 3 is 2.92 bits per heavy atom. The van der Waals surface area contributed by atoms with Crippen molar-refractivity contribution in [2.45, 2.75) is 13.3 Å². The van der Waals surface area contributed by atoms with Crippen molar-refractivity contribution in [1.82, 2.24) is 19.3 Å². The van der Waals surface area contributed by atoms with Crippen LogP contribution in [0.4, 0.5) is 0 Å². The van der Waals surface area contributed by atoms with Crippen molar-refractivity contribution in [3.05, 3.63) is 52.2 Å². The van der Waals surface area contributed by atoms with E-state index in [0.29, 0.717) is 29.6 Å². The average Bonchev–Trinajstić information content (AvgIpc) is 3.22. The summed E-state index contributed by atoms with van der Waals surface area (Å²) < 4.78 is 14.2. The van der Waals surface area contributed by atoms with Gasteiger partial charge in [-0.3, -0.25) is 4.79 Å². The molecule has 3 aromatic rings. The highest BCUT2D eigenvalue weighted by atomic mass is 16.5. The van der Waals surface area contributed by atoms with Crippen LogP contribution in [0.5, 0.6) is 11.5 Å². The molecule has 0 fully saturated rings. The molecule has 0 saturated heterocycles. The molecule has 3 heterocycles. The first-order chi connectivity index (χ1) is 12.1. The third-order valence-electron chi connectivity index (χ3n) is 4.28. The van der Waals surface area contributed by atoms with E-state index in [2.05, 4.69) is 16.1 Å². The number of hydrogen-bond acceptors (Lipinski definition) is 5. The Hall–Kier alpha value is -3.09. The molecule has 4 rings (SSSR count). The molecule has 1 aliphatic rings. The number of aryl methyl sites for hydroxylation is 2. The molecule has 7 heteroatoms. The van der Waals surface area contributed by atoms with Gasteiger partial charge >= 0.3 is 0 Å². The van der Waals surface area contributed by atoms with Crippen molar-refractivity contribution in [3.8, 4) is 28.6 Å². The van der Waals surface area contributed by atoms with Gasteiger partial charge in [0.25, 0.3) is 5.56 Å². The molecule has 7 nitrogen and oxygen atoms in total. The first kappa shape index (κ1) is 15.4. The molecule has 2 aromatic heterocycles. The number of rotatable bonds is 3. The van der Waals surface area contributed by atoms with Crippen molar-refractivity contribution < 1.29 is 9.47 Å². The van der Waals surface area contributed by atoms with E-state index in [1.807, 2.05) is 19.1 Å². The molecule has 0 atom stereocenters. The van der Waals surface area contributed by atoms with Crippen LogP contribution in [0.2, 0.25) is 0 Å². The van der Waals surface area contributed by atoms with E-state index in [-0.39, 0.29) is 5.56 Å². The summed E-state index contributed by atoms with van der Waals surface area (Å²) in [6.45, 7) is 2.54. The van der Waals surface area contributed by atoms with Gasteiger partial charge in [-0.2, -0.15) is 5.10 Å². The molecule has 25 heavy (non-hydrogen) atoms. The van der Waals surface area contributed by atoms with E-state index in [0.717, 1.165) is 23.4 Å². The molecular weight excluding hydrogens is 320 g/mol. The number of fused-ring (bicyclic) bond motifs is 1. The summed E-state index contributed by atoms with van der Waals surface area (Å²) >= 11 is 0. The fourth-order valence-corrected chi connectivity index (χ4v) is 3.02. The van der Waals surface area contributed by atoms with Gasteiger partial charge in [0.1, 0.15) is 17.3 Å². The maximum atomic E-state index is 11.9. The topological polar surface area (TPSA) is 71.2 Å². The lowest BCUT2D eigenvalue weighted by Crippen LogP contribution is -2.16. The zero-order chi connectivity index (χ0) is 17.6. The van der Waals surface area contributed by atoms with Gasteiger partial charge in [-0.25, -0.2) is 9.67 Å². The Bertz CT molecular complexity index is 1020. The zero-order valence-electron chi connectivity index (χ0n) is 14.3. The van der Waals surface area contributed by atoms with Crippen LogP contribution < -0.4 is 15.0 Å². The fourth-order valence-electron chi connectivity index (χ4n) is 3.02. The summed E-state index contributed by atoms with van der Waals surface area (Å²) in [5, 5.41) is 4.53. The first-order valence-corrected chi connectivity index (χ1v) is 8.01. The molecular formula is C18H18N4O3. The standard InChI is InChI=1S/C18H18N4O3/c1-11-19-18(14-10-21(2)17(23)9-16(14)24-3)22(20-11)13-4-5-15-12(8-13)6-7-25-15/h4-5,8-10H,6-7H2,1-3H3. The van der Waals surface area contributed by atoms with E-state index in [1.54, 1.807) is 25.0 Å². The third kappa shape index (κ3) is 2.57. The molecule has 0 bridgehead atoms. The van der Waals surface area contributed by atoms with Gasteiger partial charge in [0.05, 0.1) is 25.0 Å². The van der Waals surface area contributed by atoms with E-state index >= 15 is 0 Å². The number of hydrogen-bond donors (Lipinski definition) is 0. The predicted octanol–water partition coefficient (Wildman–Crippen LogP) is 1.88. The third-order valence-corrected chi connectivity index (χ3v) is 4.28. The number of nitrogens with zero attached hydrogens (tertiary/aromatic N) is 4. The molecule has 128 valence electrons. The Kier molecular flexibility index (Phi) is 3.56. The molecule has 0 unspecified atom stereocenters. The van der Waals surface area contributed by atoms with E-state index in [1.165, 1.54) is 10.6 Å². The smallest absolute Gasteiger partial charge is 0.254 e. The largest absolute Gasteiger partial charge is 0.496 e. The number of aromatic nitrogens is 4. The van der Waals surface area contributed by atoms with Crippen LogP contribution >= 0.6 is 0 Å². The lowest BCUT2D eigenvalue weighted by Gasteiger charge is -2.11. The van der Waals surface area contributed by atoms with Crippen molar-refractivity contribution in [1.29, 1.82) is 0 Å². The van der Waals surface area contributed by atoms with Gasteiger partial charge in [0.15, 0.2) is 5.82 Å². The van der Waals surface area contributed by atoms with Crippen molar-refractivity contribution in [3.63, 3.8) is 0 Å². The lowest BCUT2D eigenvalue weighted by molar-refractivity contribution is 0.357. The highest BCUT2D eigenvalue weighted by Gasteiger charge is 2.19. The van der Waals surface area contributed by atoms with Crippen LogP contribution in [0, 0.1) is 6.92 Å². The van der Waals surface area contributed by atoms with Crippen LogP contribution in [0.15, 0.2) is 35.3 Å². The molecule has 0 aliphatic carbocycles. The highest BCUT2D eigenvalue weighted by Crippen LogP contribution is 2.31. The molecule has 0 spiro atoms. The van der Waals surface area contributed by atoms with Crippen molar-refractivity contribution in [2.75, 3.05) is 13.7 Å². The Balaban J connectivity index is 1.91. The van der Waals surface area contributed by atoms with Crippen LogP contribution in [0.1, 0.15) is 11.4 Å².